The van der Waals surface area contributed by atoms with Crippen LogP contribution in [0.3, 0.4) is 0 Å². The van der Waals surface area contributed by atoms with Crippen LogP contribution >= 0.6 is 0 Å². The second kappa shape index (κ2) is 11.4. The predicted octanol–water partition coefficient (Wildman–Crippen LogP) is 3.40. The Bertz CT molecular complexity index is 1170. The van der Waals surface area contributed by atoms with Gasteiger partial charge < -0.3 is 24.1 Å². The molecule has 0 aromatic heterocycles. The third-order valence-corrected chi connectivity index (χ3v) is 5.25. The predicted molar refractivity (Wildman–Crippen MR) is 124 cm³/mol. The van der Waals surface area contributed by atoms with Gasteiger partial charge in [0.25, 0.3) is 0 Å². The van der Waals surface area contributed by atoms with Gasteiger partial charge in [0, 0.05) is 7.77 Å². The van der Waals surface area contributed by atoms with Gasteiger partial charge in [-0.3, -0.25) is 0 Å². The Morgan fingerprint density at radius 3 is 1.74 bits per heavy atom. The molecule has 35 heavy (non-hydrogen) atoms. The Kier molecular flexibility index (Phi) is 7.42. The van der Waals surface area contributed by atoms with Crippen LogP contribution in [-0.2, 0) is 18.9 Å². The van der Waals surface area contributed by atoms with Gasteiger partial charge in [0.1, 0.15) is 18.8 Å². The first-order chi connectivity index (χ1) is 17.4. The van der Waals surface area contributed by atoms with E-state index in [1.807, 2.05) is 0 Å². The minimum Gasteiger partial charge on any atom is -0.459 e. The minimum atomic E-state index is -1.69. The van der Waals surface area contributed by atoms with Crippen molar-refractivity contribution in [2.24, 2.45) is 0 Å². The maximum atomic E-state index is 12.9. The van der Waals surface area contributed by atoms with E-state index in [2.05, 4.69) is 0 Å². The Morgan fingerprint density at radius 2 is 1.23 bits per heavy atom. The van der Waals surface area contributed by atoms with Crippen molar-refractivity contribution in [1.82, 2.24) is 0 Å². The standard InChI is InChI=1S/C27H24O8/c28-23-16-21(34-26(30)19-12-6-2-7-13-19)24(35-27(31)20-14-8-3-9-15-20)22(33-23)17-32-25(29)18-10-4-1-5-11-18/h1-15,21-24,28H,16-17H2/t21-,22+,23-,24-/m0/s1/i16D/t16-,21+,22-,23+,24+/m1. The third kappa shape index (κ3) is 6.32. The summed E-state index contributed by atoms with van der Waals surface area (Å²) in [6.07, 6.45) is -7.15. The maximum absolute atomic E-state index is 12.9. The summed E-state index contributed by atoms with van der Waals surface area (Å²) in [6, 6.07) is 24.4. The van der Waals surface area contributed by atoms with Crippen molar-refractivity contribution in [3.8, 4) is 0 Å². The molecule has 0 aliphatic carbocycles. The Balaban J connectivity index is 1.57. The van der Waals surface area contributed by atoms with Crippen molar-refractivity contribution < 1.29 is 39.8 Å². The van der Waals surface area contributed by atoms with Crippen LogP contribution in [0.1, 0.15) is 38.8 Å². The van der Waals surface area contributed by atoms with E-state index in [-0.39, 0.29) is 16.7 Å². The van der Waals surface area contributed by atoms with Gasteiger partial charge in [0.05, 0.1) is 16.7 Å². The molecule has 3 aromatic rings. The number of hydrogen-bond acceptors (Lipinski definition) is 8. The summed E-state index contributed by atoms with van der Waals surface area (Å²) in [5.41, 5.74) is 0.723. The first-order valence-corrected chi connectivity index (χ1v) is 10.9. The highest BCUT2D eigenvalue weighted by atomic mass is 16.7. The zero-order valence-corrected chi connectivity index (χ0v) is 18.6. The molecule has 5 atom stereocenters. The first kappa shape index (κ1) is 22.8. The van der Waals surface area contributed by atoms with Crippen LogP contribution in [0, 0.1) is 0 Å². The monoisotopic (exact) mass is 477 g/mol. The van der Waals surface area contributed by atoms with Crippen LogP contribution < -0.4 is 0 Å². The summed E-state index contributed by atoms with van der Waals surface area (Å²) in [4.78, 5) is 38.1. The summed E-state index contributed by atoms with van der Waals surface area (Å²) in [5, 5.41) is 10.4. The third-order valence-electron chi connectivity index (χ3n) is 5.25. The lowest BCUT2D eigenvalue weighted by atomic mass is 10.0. The van der Waals surface area contributed by atoms with Gasteiger partial charge in [-0.05, 0) is 36.4 Å². The molecule has 0 spiro atoms. The molecule has 0 radical (unpaired) electrons. The molecule has 0 bridgehead atoms. The number of ether oxygens (including phenoxy) is 4. The van der Waals surface area contributed by atoms with E-state index in [9.17, 15) is 19.5 Å². The number of carbonyl (C=O) groups is 3. The Hall–Kier alpha value is -4.01. The molecule has 3 aromatic carbocycles. The Morgan fingerprint density at radius 1 is 0.771 bits per heavy atom. The van der Waals surface area contributed by atoms with E-state index in [1.54, 1.807) is 66.7 Å². The summed E-state index contributed by atoms with van der Waals surface area (Å²) >= 11 is 0. The van der Waals surface area contributed by atoms with Gasteiger partial charge in [0.15, 0.2) is 12.4 Å². The molecule has 0 unspecified atom stereocenters. The minimum absolute atomic E-state index is 0.214. The molecule has 8 nitrogen and oxygen atoms in total. The molecule has 8 heteroatoms. The largest absolute Gasteiger partial charge is 0.459 e. The number of rotatable bonds is 7. The van der Waals surface area contributed by atoms with E-state index in [0.29, 0.717) is 0 Å². The maximum Gasteiger partial charge on any atom is 0.338 e. The average molecular weight is 477 g/mol. The summed E-state index contributed by atoms with van der Waals surface area (Å²) in [5.74, 6) is -2.19. The molecule has 1 heterocycles. The van der Waals surface area contributed by atoms with Crippen LogP contribution in [0.2, 0.25) is 0 Å². The lowest BCUT2D eigenvalue weighted by molar-refractivity contribution is -0.239. The van der Waals surface area contributed by atoms with Crippen LogP contribution in [0.25, 0.3) is 0 Å². The fourth-order valence-corrected chi connectivity index (χ4v) is 3.52. The molecule has 1 fully saturated rings. The van der Waals surface area contributed by atoms with Gasteiger partial charge >= 0.3 is 17.9 Å². The number of aliphatic hydroxyl groups is 1. The number of aliphatic hydroxyl groups excluding tert-OH is 1. The van der Waals surface area contributed by atoms with Crippen molar-refractivity contribution in [1.29, 1.82) is 0 Å². The van der Waals surface area contributed by atoms with E-state index in [0.717, 1.165) is 0 Å². The fourth-order valence-electron chi connectivity index (χ4n) is 3.52. The highest BCUT2D eigenvalue weighted by Gasteiger charge is 2.44. The molecule has 180 valence electrons. The topological polar surface area (TPSA) is 108 Å². The van der Waals surface area contributed by atoms with E-state index < -0.39 is 55.5 Å². The molecule has 0 saturated carbocycles. The van der Waals surface area contributed by atoms with Crippen LogP contribution in [-0.4, -0.2) is 54.2 Å². The molecule has 1 N–H and O–H groups in total. The smallest absolute Gasteiger partial charge is 0.338 e. The molecule has 1 aliphatic heterocycles. The second-order valence-electron chi connectivity index (χ2n) is 7.69. The first-order valence-electron chi connectivity index (χ1n) is 11.5. The van der Waals surface area contributed by atoms with Crippen LogP contribution in [0.15, 0.2) is 91.0 Å². The van der Waals surface area contributed by atoms with Gasteiger partial charge in [-0.1, -0.05) is 54.6 Å². The van der Waals surface area contributed by atoms with Gasteiger partial charge in [-0.25, -0.2) is 14.4 Å². The highest BCUT2D eigenvalue weighted by Crippen LogP contribution is 2.27. The van der Waals surface area contributed by atoms with Crippen LogP contribution in [0.5, 0.6) is 0 Å². The number of hydrogen-bond donors (Lipinski definition) is 1. The fraction of sp³-hybridized carbons (Fsp3) is 0.222. The summed E-state index contributed by atoms with van der Waals surface area (Å²) in [6.45, 7) is -0.427. The summed E-state index contributed by atoms with van der Waals surface area (Å²) in [7, 11) is 0. The molecule has 0 amide bonds. The molecule has 1 saturated heterocycles. The van der Waals surface area contributed by atoms with E-state index in [4.69, 9.17) is 20.3 Å². The lowest BCUT2D eigenvalue weighted by Gasteiger charge is -2.38. The van der Waals surface area contributed by atoms with Crippen molar-refractivity contribution in [2.45, 2.75) is 31.0 Å². The zero-order chi connectivity index (χ0) is 25.5. The number of esters is 3. The van der Waals surface area contributed by atoms with Crippen molar-refractivity contribution >= 4 is 17.9 Å². The normalized spacial score (nSPS) is 24.0. The van der Waals surface area contributed by atoms with Crippen LogP contribution in [0.4, 0.5) is 0 Å². The molecule has 4 rings (SSSR count). The summed E-state index contributed by atoms with van der Waals surface area (Å²) < 4.78 is 30.4. The van der Waals surface area contributed by atoms with Crippen molar-refractivity contribution in [3.63, 3.8) is 0 Å². The van der Waals surface area contributed by atoms with Gasteiger partial charge in [0.2, 0.25) is 0 Å². The van der Waals surface area contributed by atoms with Gasteiger partial charge in [-0.15, -0.1) is 0 Å². The van der Waals surface area contributed by atoms with Gasteiger partial charge in [-0.2, -0.15) is 0 Å². The number of carbonyl (C=O) groups excluding carboxylic acids is 3. The second-order valence-corrected chi connectivity index (χ2v) is 7.69. The zero-order valence-electron chi connectivity index (χ0n) is 19.6. The lowest BCUT2D eigenvalue weighted by Crippen LogP contribution is -2.54. The number of benzene rings is 3. The Labute approximate surface area is 203 Å². The average Bonchev–Trinajstić information content (AvgIpc) is 2.92. The quantitative estimate of drug-likeness (QED) is 0.408. The van der Waals surface area contributed by atoms with E-state index >= 15 is 0 Å². The molecule has 1 aliphatic rings. The van der Waals surface area contributed by atoms with Crippen molar-refractivity contribution in [3.05, 3.63) is 108 Å². The van der Waals surface area contributed by atoms with Crippen molar-refractivity contribution in [2.75, 3.05) is 6.61 Å². The molecular formula is C27H24O8. The molecular weight excluding hydrogens is 452 g/mol. The SMILES string of the molecule is [2H][C@@H]1[C@H](OC(=O)c2ccccc2)[C@H](OC(=O)c2ccccc2)[C@@H](COC(=O)c2ccccc2)O[C@@H]1O. The highest BCUT2D eigenvalue weighted by molar-refractivity contribution is 5.90. The van der Waals surface area contributed by atoms with E-state index in [1.165, 1.54) is 24.3 Å².